The second-order valence-corrected chi connectivity index (χ2v) is 3.75. The van der Waals surface area contributed by atoms with Gasteiger partial charge in [0, 0.05) is 17.8 Å². The van der Waals surface area contributed by atoms with Gasteiger partial charge >= 0.3 is 6.18 Å². The summed E-state index contributed by atoms with van der Waals surface area (Å²) in [6, 6.07) is 5.90. The van der Waals surface area contributed by atoms with E-state index in [9.17, 15) is 13.2 Å². The SMILES string of the molecule is N[C@H](CC(F)(F)F)c1ccc2cc[nH]c2c1. The van der Waals surface area contributed by atoms with Gasteiger partial charge in [0.05, 0.1) is 6.42 Å². The van der Waals surface area contributed by atoms with Crippen molar-refractivity contribution in [3.05, 3.63) is 36.0 Å². The van der Waals surface area contributed by atoms with E-state index in [0.29, 0.717) is 5.56 Å². The number of fused-ring (bicyclic) bond motifs is 1. The zero-order chi connectivity index (χ0) is 11.8. The molecule has 1 heterocycles. The van der Waals surface area contributed by atoms with E-state index in [2.05, 4.69) is 4.98 Å². The maximum absolute atomic E-state index is 12.2. The van der Waals surface area contributed by atoms with Crippen LogP contribution in [0.4, 0.5) is 13.2 Å². The number of benzene rings is 1. The first-order valence-electron chi connectivity index (χ1n) is 4.85. The number of nitrogens with two attached hydrogens (primary N) is 1. The van der Waals surface area contributed by atoms with E-state index in [1.807, 2.05) is 6.07 Å². The standard InChI is InChI=1S/C11H11F3N2/c12-11(13,14)6-9(15)8-2-1-7-3-4-16-10(7)5-8/h1-5,9,16H,6,15H2/t9-/m1/s1. The van der Waals surface area contributed by atoms with Crippen LogP contribution in [0.3, 0.4) is 0 Å². The van der Waals surface area contributed by atoms with E-state index in [1.165, 1.54) is 0 Å². The Morgan fingerprint density at radius 2 is 2.00 bits per heavy atom. The molecule has 86 valence electrons. The van der Waals surface area contributed by atoms with Crippen molar-refractivity contribution >= 4 is 10.9 Å². The molecular weight excluding hydrogens is 217 g/mol. The lowest BCUT2D eigenvalue weighted by molar-refractivity contribution is -0.138. The third-order valence-electron chi connectivity index (χ3n) is 2.46. The van der Waals surface area contributed by atoms with Crippen LogP contribution in [-0.2, 0) is 0 Å². The molecule has 0 unspecified atom stereocenters. The van der Waals surface area contributed by atoms with Crippen molar-refractivity contribution in [1.82, 2.24) is 4.98 Å². The summed E-state index contributed by atoms with van der Waals surface area (Å²) in [6.45, 7) is 0. The van der Waals surface area contributed by atoms with Crippen molar-refractivity contribution in [3.63, 3.8) is 0 Å². The normalized spacial score (nSPS) is 14.2. The molecule has 0 saturated heterocycles. The van der Waals surface area contributed by atoms with Gasteiger partial charge in [0.2, 0.25) is 0 Å². The van der Waals surface area contributed by atoms with E-state index in [1.54, 1.807) is 24.4 Å². The molecule has 0 saturated carbocycles. The maximum Gasteiger partial charge on any atom is 0.390 e. The van der Waals surface area contributed by atoms with Crippen LogP contribution < -0.4 is 5.73 Å². The van der Waals surface area contributed by atoms with Gasteiger partial charge in [-0.2, -0.15) is 13.2 Å². The average molecular weight is 228 g/mol. The van der Waals surface area contributed by atoms with Gasteiger partial charge in [0.15, 0.2) is 0 Å². The van der Waals surface area contributed by atoms with Crippen molar-refractivity contribution in [2.45, 2.75) is 18.6 Å². The number of hydrogen-bond donors (Lipinski definition) is 2. The summed E-state index contributed by atoms with van der Waals surface area (Å²) in [6.07, 6.45) is -3.49. The quantitative estimate of drug-likeness (QED) is 0.814. The molecule has 2 aromatic rings. The molecule has 0 spiro atoms. The fraction of sp³-hybridized carbons (Fsp3) is 0.273. The number of hydrogen-bond acceptors (Lipinski definition) is 1. The monoisotopic (exact) mass is 228 g/mol. The van der Waals surface area contributed by atoms with E-state index in [4.69, 9.17) is 5.73 Å². The van der Waals surface area contributed by atoms with Gasteiger partial charge in [-0.3, -0.25) is 0 Å². The molecule has 2 nitrogen and oxygen atoms in total. The second kappa shape index (κ2) is 3.83. The van der Waals surface area contributed by atoms with Crippen LogP contribution in [0.2, 0.25) is 0 Å². The Morgan fingerprint density at radius 1 is 1.25 bits per heavy atom. The lowest BCUT2D eigenvalue weighted by Crippen LogP contribution is -2.20. The molecule has 0 aliphatic heterocycles. The Balaban J connectivity index is 2.25. The molecule has 0 aliphatic carbocycles. The minimum absolute atomic E-state index is 0.493. The maximum atomic E-state index is 12.2. The molecule has 1 aromatic carbocycles. The summed E-state index contributed by atoms with van der Waals surface area (Å²) in [4.78, 5) is 2.94. The lowest BCUT2D eigenvalue weighted by Gasteiger charge is -2.14. The van der Waals surface area contributed by atoms with E-state index >= 15 is 0 Å². The Morgan fingerprint density at radius 3 is 2.69 bits per heavy atom. The Labute approximate surface area is 90.3 Å². The van der Waals surface area contributed by atoms with Crippen molar-refractivity contribution in [2.24, 2.45) is 5.73 Å². The molecule has 3 N–H and O–H groups in total. The summed E-state index contributed by atoms with van der Waals surface area (Å²) < 4.78 is 36.5. The van der Waals surface area contributed by atoms with Gasteiger partial charge in [-0.25, -0.2) is 0 Å². The summed E-state index contributed by atoms with van der Waals surface area (Å²) in [5, 5.41) is 0.961. The molecule has 1 aromatic heterocycles. The van der Waals surface area contributed by atoms with Gasteiger partial charge in [-0.05, 0) is 23.1 Å². The van der Waals surface area contributed by atoms with Gasteiger partial charge in [0.25, 0.3) is 0 Å². The zero-order valence-electron chi connectivity index (χ0n) is 8.38. The molecule has 1 atom stereocenters. The van der Waals surface area contributed by atoms with Crippen LogP contribution in [0.25, 0.3) is 10.9 Å². The van der Waals surface area contributed by atoms with Crippen molar-refractivity contribution in [2.75, 3.05) is 0 Å². The Bertz CT molecular complexity index is 487. The third-order valence-corrected chi connectivity index (χ3v) is 2.46. The molecular formula is C11H11F3N2. The molecule has 5 heteroatoms. The molecule has 0 bridgehead atoms. The van der Waals surface area contributed by atoms with Gasteiger partial charge < -0.3 is 10.7 Å². The number of H-pyrrole nitrogens is 1. The lowest BCUT2D eigenvalue weighted by atomic mass is 10.0. The minimum Gasteiger partial charge on any atom is -0.361 e. The van der Waals surface area contributed by atoms with Gasteiger partial charge in [-0.1, -0.05) is 12.1 Å². The van der Waals surface area contributed by atoms with Gasteiger partial charge in [-0.15, -0.1) is 0 Å². The largest absolute Gasteiger partial charge is 0.390 e. The number of aromatic nitrogens is 1. The first-order chi connectivity index (χ1) is 7.46. The summed E-state index contributed by atoms with van der Waals surface area (Å²) >= 11 is 0. The zero-order valence-corrected chi connectivity index (χ0v) is 8.38. The van der Waals surface area contributed by atoms with Crippen LogP contribution in [-0.4, -0.2) is 11.2 Å². The molecule has 2 rings (SSSR count). The molecule has 0 aliphatic rings. The number of halogens is 3. The van der Waals surface area contributed by atoms with Crippen LogP contribution in [0.5, 0.6) is 0 Å². The van der Waals surface area contributed by atoms with E-state index in [-0.39, 0.29) is 0 Å². The van der Waals surface area contributed by atoms with Crippen molar-refractivity contribution < 1.29 is 13.2 Å². The third kappa shape index (κ3) is 2.36. The predicted molar refractivity (Wildman–Crippen MR) is 55.9 cm³/mol. The van der Waals surface area contributed by atoms with Crippen LogP contribution >= 0.6 is 0 Å². The summed E-state index contributed by atoms with van der Waals surface area (Å²) in [5.74, 6) is 0. The van der Waals surface area contributed by atoms with E-state index < -0.39 is 18.6 Å². The van der Waals surface area contributed by atoms with E-state index in [0.717, 1.165) is 10.9 Å². The Kier molecular flexibility index (Phi) is 2.63. The predicted octanol–water partition coefficient (Wildman–Crippen LogP) is 3.12. The average Bonchev–Trinajstić information content (AvgIpc) is 2.61. The summed E-state index contributed by atoms with van der Waals surface area (Å²) in [7, 11) is 0. The van der Waals surface area contributed by atoms with Crippen LogP contribution in [0.1, 0.15) is 18.0 Å². The molecule has 16 heavy (non-hydrogen) atoms. The minimum atomic E-state index is -4.23. The smallest absolute Gasteiger partial charge is 0.361 e. The molecule has 0 fully saturated rings. The molecule has 0 radical (unpaired) electrons. The van der Waals surface area contributed by atoms with Crippen LogP contribution in [0, 0.1) is 0 Å². The van der Waals surface area contributed by atoms with Crippen LogP contribution in [0.15, 0.2) is 30.5 Å². The number of rotatable bonds is 2. The highest BCUT2D eigenvalue weighted by Crippen LogP contribution is 2.29. The fourth-order valence-electron chi connectivity index (χ4n) is 1.66. The van der Waals surface area contributed by atoms with Gasteiger partial charge in [0.1, 0.15) is 0 Å². The fourth-order valence-corrected chi connectivity index (χ4v) is 1.66. The first-order valence-corrected chi connectivity index (χ1v) is 4.85. The highest BCUT2D eigenvalue weighted by molar-refractivity contribution is 5.79. The highest BCUT2D eigenvalue weighted by atomic mass is 19.4. The number of aromatic amines is 1. The number of nitrogens with one attached hydrogen (secondary N) is 1. The first kappa shape index (κ1) is 11.0. The second-order valence-electron chi connectivity index (χ2n) is 3.75. The van der Waals surface area contributed by atoms with Crippen molar-refractivity contribution in [1.29, 1.82) is 0 Å². The topological polar surface area (TPSA) is 41.8 Å². The Hall–Kier alpha value is -1.49. The molecule has 0 amide bonds. The van der Waals surface area contributed by atoms with Crippen molar-refractivity contribution in [3.8, 4) is 0 Å². The highest BCUT2D eigenvalue weighted by Gasteiger charge is 2.30. The summed E-state index contributed by atoms with van der Waals surface area (Å²) in [5.41, 5.74) is 6.80. The number of alkyl halides is 3.